The molecule has 0 aliphatic carbocycles. The zero-order valence-electron chi connectivity index (χ0n) is 16.9. The Morgan fingerprint density at radius 2 is 1.70 bits per heavy atom. The lowest BCUT2D eigenvalue weighted by Crippen LogP contribution is -2.45. The van der Waals surface area contributed by atoms with Gasteiger partial charge in [-0.05, 0) is 53.4 Å². The number of hydrogen-bond donors (Lipinski definition) is 1. The van der Waals surface area contributed by atoms with Crippen molar-refractivity contribution in [2.45, 2.75) is 26.2 Å². The van der Waals surface area contributed by atoms with Gasteiger partial charge in [-0.1, -0.05) is 32.4 Å². The lowest BCUT2D eigenvalue weighted by Gasteiger charge is -2.40. The van der Waals surface area contributed by atoms with Crippen LogP contribution >= 0.6 is 11.6 Å². The zero-order chi connectivity index (χ0) is 21.6. The van der Waals surface area contributed by atoms with E-state index < -0.39 is 0 Å². The molecule has 1 N–H and O–H groups in total. The minimum atomic E-state index is -0.325. The number of halogens is 2. The lowest BCUT2D eigenvalue weighted by molar-refractivity contribution is 0.0983. The molecule has 1 amide bonds. The van der Waals surface area contributed by atoms with Gasteiger partial charge in [0.15, 0.2) is 0 Å². The number of anilines is 3. The van der Waals surface area contributed by atoms with Crippen LogP contribution in [0.5, 0.6) is 0 Å². The average Bonchev–Trinajstić information content (AvgIpc) is 2.69. The number of pyridine rings is 1. The van der Waals surface area contributed by atoms with Gasteiger partial charge >= 0.3 is 0 Å². The van der Waals surface area contributed by atoms with Gasteiger partial charge in [0.25, 0.3) is 5.91 Å². The number of benzene rings is 2. The standard InChI is InChI=1S/C23H21ClFN3O2/c1-23(2,3)18-11-15(25)5-8-20(18)28-13-27(16-6-9-21(29)26-12-16)22(30)17-10-14(24)4-7-19(17)28/h4-12H,13H2,1-3H3,(H,26,29). The first-order valence-corrected chi connectivity index (χ1v) is 9.91. The largest absolute Gasteiger partial charge is 0.327 e. The van der Waals surface area contributed by atoms with Crippen molar-refractivity contribution >= 4 is 34.6 Å². The molecule has 0 radical (unpaired) electrons. The monoisotopic (exact) mass is 425 g/mol. The van der Waals surface area contributed by atoms with E-state index in [9.17, 15) is 14.0 Å². The normalized spacial score (nSPS) is 14.1. The van der Waals surface area contributed by atoms with Gasteiger partial charge < -0.3 is 9.88 Å². The minimum absolute atomic E-state index is 0.203. The fraction of sp³-hybridized carbons (Fsp3) is 0.217. The van der Waals surface area contributed by atoms with E-state index in [2.05, 4.69) is 4.98 Å². The first-order chi connectivity index (χ1) is 14.1. The predicted molar refractivity (Wildman–Crippen MR) is 117 cm³/mol. The second kappa shape index (κ2) is 7.29. The molecule has 5 nitrogen and oxygen atoms in total. The van der Waals surface area contributed by atoms with E-state index in [0.717, 1.165) is 11.3 Å². The number of H-pyrrole nitrogens is 1. The van der Waals surface area contributed by atoms with Crippen molar-refractivity contribution in [1.29, 1.82) is 0 Å². The molecule has 0 bridgehead atoms. The SMILES string of the molecule is CC(C)(C)c1cc(F)ccc1N1CN(c2ccc(=O)[nH]c2)C(=O)c2cc(Cl)ccc21. The number of hydrogen-bond acceptors (Lipinski definition) is 3. The van der Waals surface area contributed by atoms with Crippen LogP contribution in [-0.2, 0) is 5.41 Å². The summed E-state index contributed by atoms with van der Waals surface area (Å²) in [7, 11) is 0. The summed E-state index contributed by atoms with van der Waals surface area (Å²) in [5.41, 5.74) is 2.72. The van der Waals surface area contributed by atoms with E-state index in [-0.39, 0.29) is 29.4 Å². The van der Waals surface area contributed by atoms with Crippen molar-refractivity contribution in [2.75, 3.05) is 16.5 Å². The Balaban J connectivity index is 1.92. The van der Waals surface area contributed by atoms with Crippen LogP contribution in [-0.4, -0.2) is 17.6 Å². The number of rotatable bonds is 2. The van der Waals surface area contributed by atoms with E-state index >= 15 is 0 Å². The highest BCUT2D eigenvalue weighted by atomic mass is 35.5. The number of amides is 1. The maximum Gasteiger partial charge on any atom is 0.261 e. The van der Waals surface area contributed by atoms with E-state index in [1.54, 1.807) is 35.2 Å². The summed E-state index contributed by atoms with van der Waals surface area (Å²) < 4.78 is 14.1. The van der Waals surface area contributed by atoms with Gasteiger partial charge in [0, 0.05) is 23.0 Å². The molecular weight excluding hydrogens is 405 g/mol. The number of carbonyl (C=O) groups is 1. The van der Waals surface area contributed by atoms with Crippen LogP contribution in [0.3, 0.4) is 0 Å². The number of nitrogens with one attached hydrogen (secondary N) is 1. The lowest BCUT2D eigenvalue weighted by atomic mass is 9.85. The van der Waals surface area contributed by atoms with Crippen molar-refractivity contribution in [2.24, 2.45) is 0 Å². The maximum atomic E-state index is 14.1. The van der Waals surface area contributed by atoms with Crippen molar-refractivity contribution in [3.63, 3.8) is 0 Å². The molecule has 1 aliphatic rings. The average molecular weight is 426 g/mol. The Hall–Kier alpha value is -3.12. The summed E-state index contributed by atoms with van der Waals surface area (Å²) in [6.45, 7) is 6.25. The van der Waals surface area contributed by atoms with Gasteiger partial charge in [0.2, 0.25) is 5.56 Å². The fourth-order valence-corrected chi connectivity index (χ4v) is 3.83. The molecule has 0 saturated heterocycles. The van der Waals surface area contributed by atoms with Crippen molar-refractivity contribution in [1.82, 2.24) is 4.98 Å². The third-order valence-corrected chi connectivity index (χ3v) is 5.38. The van der Waals surface area contributed by atoms with Gasteiger partial charge in [0.1, 0.15) is 12.5 Å². The van der Waals surface area contributed by atoms with Crippen LogP contribution in [0.15, 0.2) is 59.5 Å². The second-order valence-electron chi connectivity index (χ2n) is 8.29. The molecule has 2 aromatic carbocycles. The fourth-order valence-electron chi connectivity index (χ4n) is 3.66. The summed E-state index contributed by atoms with van der Waals surface area (Å²) in [4.78, 5) is 30.9. The highest BCUT2D eigenvalue weighted by Crippen LogP contribution is 2.41. The Morgan fingerprint density at radius 3 is 2.37 bits per heavy atom. The summed E-state index contributed by atoms with van der Waals surface area (Å²) in [6, 6.07) is 12.8. The van der Waals surface area contributed by atoms with E-state index in [4.69, 9.17) is 11.6 Å². The third-order valence-electron chi connectivity index (χ3n) is 5.14. The quantitative estimate of drug-likeness (QED) is 0.612. The molecule has 2 heterocycles. The summed E-state index contributed by atoms with van der Waals surface area (Å²) in [6.07, 6.45) is 1.50. The Kier molecular flexibility index (Phi) is 4.90. The Morgan fingerprint density at radius 1 is 0.967 bits per heavy atom. The smallest absolute Gasteiger partial charge is 0.261 e. The molecule has 0 fully saturated rings. The molecule has 0 unspecified atom stereocenters. The summed E-state index contributed by atoms with van der Waals surface area (Å²) in [5, 5.41) is 0.445. The van der Waals surface area contributed by atoms with Crippen molar-refractivity contribution in [3.8, 4) is 0 Å². The first-order valence-electron chi connectivity index (χ1n) is 9.53. The van der Waals surface area contributed by atoms with E-state index in [0.29, 0.717) is 22.0 Å². The highest BCUT2D eigenvalue weighted by Gasteiger charge is 2.33. The summed E-state index contributed by atoms with van der Waals surface area (Å²) >= 11 is 6.19. The Labute approximate surface area is 178 Å². The molecule has 3 aromatic rings. The maximum absolute atomic E-state index is 14.1. The summed E-state index contributed by atoms with van der Waals surface area (Å²) in [5.74, 6) is -0.541. The third kappa shape index (κ3) is 3.59. The molecular formula is C23H21ClFN3O2. The Bertz CT molecular complexity index is 1180. The van der Waals surface area contributed by atoms with E-state index in [1.165, 1.54) is 24.4 Å². The van der Waals surface area contributed by atoms with Crippen molar-refractivity contribution < 1.29 is 9.18 Å². The van der Waals surface area contributed by atoms with Crippen LogP contribution < -0.4 is 15.4 Å². The molecule has 7 heteroatoms. The molecule has 0 saturated carbocycles. The van der Waals surface area contributed by atoms with E-state index in [1.807, 2.05) is 25.7 Å². The molecule has 1 aliphatic heterocycles. The molecule has 4 rings (SSSR count). The first kappa shape index (κ1) is 20.2. The second-order valence-corrected chi connectivity index (χ2v) is 8.72. The van der Waals surface area contributed by atoms with Gasteiger partial charge in [0.05, 0.1) is 16.9 Å². The molecule has 1 aromatic heterocycles. The molecule has 154 valence electrons. The van der Waals surface area contributed by atoms with Crippen LogP contribution in [0.2, 0.25) is 5.02 Å². The van der Waals surface area contributed by atoms with Crippen LogP contribution in [0.4, 0.5) is 21.5 Å². The molecule has 30 heavy (non-hydrogen) atoms. The highest BCUT2D eigenvalue weighted by molar-refractivity contribution is 6.31. The molecule has 0 atom stereocenters. The topological polar surface area (TPSA) is 56.4 Å². The number of fused-ring (bicyclic) bond motifs is 1. The number of nitrogens with zero attached hydrogens (tertiary/aromatic N) is 2. The van der Waals surface area contributed by atoms with Gasteiger partial charge in [-0.2, -0.15) is 0 Å². The van der Waals surface area contributed by atoms with Gasteiger partial charge in [-0.25, -0.2) is 4.39 Å². The zero-order valence-corrected chi connectivity index (χ0v) is 17.6. The number of aromatic nitrogens is 1. The predicted octanol–water partition coefficient (Wildman–Crippen LogP) is 5.22. The van der Waals surface area contributed by atoms with Crippen molar-refractivity contribution in [3.05, 3.63) is 87.0 Å². The van der Waals surface area contributed by atoms with Crippen LogP contribution in [0.25, 0.3) is 0 Å². The minimum Gasteiger partial charge on any atom is -0.327 e. The van der Waals surface area contributed by atoms with Crippen LogP contribution in [0, 0.1) is 5.82 Å². The molecule has 0 spiro atoms. The number of carbonyl (C=O) groups excluding carboxylic acids is 1. The van der Waals surface area contributed by atoms with Gasteiger partial charge in [-0.15, -0.1) is 0 Å². The number of aromatic amines is 1. The van der Waals surface area contributed by atoms with Gasteiger partial charge in [-0.3, -0.25) is 14.5 Å². The van der Waals surface area contributed by atoms with Crippen LogP contribution in [0.1, 0.15) is 36.7 Å².